The number of nitrogen functional groups attached to an aromatic ring is 2. The predicted octanol–water partition coefficient (Wildman–Crippen LogP) is -0.236. The molecule has 3 fully saturated rings. The Morgan fingerprint density at radius 1 is 0.865 bits per heavy atom. The molecule has 0 radical (unpaired) electrons. The summed E-state index contributed by atoms with van der Waals surface area (Å²) in [6, 6.07) is 0. The molecule has 7 heterocycles. The molecule has 7 N–H and O–H groups in total. The van der Waals surface area contributed by atoms with Crippen LogP contribution in [-0.2, 0) is 50.5 Å². The Morgan fingerprint density at radius 3 is 2.25 bits per heavy atom. The molecule has 7 rings (SSSR count). The molecule has 284 valence electrons. The Morgan fingerprint density at radius 2 is 1.52 bits per heavy atom. The van der Waals surface area contributed by atoms with Crippen molar-refractivity contribution in [1.82, 2.24) is 39.0 Å². The number of rotatable bonds is 9. The highest BCUT2D eigenvalue weighted by atomic mass is 31.2. The highest BCUT2D eigenvalue weighted by Crippen LogP contribution is 2.57. The lowest BCUT2D eigenvalue weighted by Crippen LogP contribution is -2.36. The quantitative estimate of drug-likeness (QED) is 0.108. The lowest BCUT2D eigenvalue weighted by Gasteiger charge is -2.28. The number of ether oxygens (including phenoxy) is 3. The van der Waals surface area contributed by atoms with Crippen LogP contribution in [0.4, 0.5) is 11.8 Å². The van der Waals surface area contributed by atoms with Gasteiger partial charge in [-0.2, -0.15) is 4.98 Å². The number of methoxy groups -OCH3 is 1. The zero-order chi connectivity index (χ0) is 36.8. The summed E-state index contributed by atoms with van der Waals surface area (Å²) in [7, 11) is -7.96. The topological polar surface area (TPSA) is 317 Å². The Balaban J connectivity index is 1.27. The first-order valence-corrected chi connectivity index (χ1v) is 18.8. The lowest BCUT2D eigenvalue weighted by molar-refractivity contribution is -0.0714. The Bertz CT molecular complexity index is 2060. The molecule has 0 amide bonds. The maximum Gasteiger partial charge on any atom is 0.475 e. The van der Waals surface area contributed by atoms with E-state index in [9.17, 15) is 24.1 Å². The Labute approximate surface area is 292 Å². The average Bonchev–Trinajstić information content (AvgIpc) is 3.87. The molecule has 0 aromatic carbocycles. The molecule has 0 saturated carbocycles. The number of phosphoric ester groups is 2. The van der Waals surface area contributed by atoms with Crippen molar-refractivity contribution in [2.45, 2.75) is 62.4 Å². The second-order valence-corrected chi connectivity index (χ2v) is 15.0. The van der Waals surface area contributed by atoms with E-state index in [-0.39, 0.29) is 53.9 Å². The van der Waals surface area contributed by atoms with Crippen molar-refractivity contribution < 1.29 is 60.7 Å². The van der Waals surface area contributed by atoms with E-state index in [4.69, 9.17) is 52.8 Å². The van der Waals surface area contributed by atoms with Gasteiger partial charge in [0.1, 0.15) is 48.5 Å². The van der Waals surface area contributed by atoms with E-state index in [1.165, 1.54) is 35.2 Å². The fourth-order valence-electron chi connectivity index (χ4n) is 5.85. The van der Waals surface area contributed by atoms with Gasteiger partial charge in [0.05, 0.1) is 45.7 Å². The van der Waals surface area contributed by atoms with Gasteiger partial charge in [-0.25, -0.2) is 29.1 Å². The first-order valence-electron chi connectivity index (χ1n) is 15.9. The third-order valence-electron chi connectivity index (χ3n) is 8.29. The van der Waals surface area contributed by atoms with E-state index < -0.39 is 83.5 Å². The number of hydrogen-bond acceptors (Lipinski definition) is 21. The van der Waals surface area contributed by atoms with Crippen LogP contribution in [0.5, 0.6) is 0 Å². The van der Waals surface area contributed by atoms with Gasteiger partial charge in [-0.15, -0.1) is 0 Å². The zero-order valence-electron chi connectivity index (χ0n) is 27.6. The fraction of sp³-hybridized carbons (Fsp3) is 0.615. The minimum absolute atomic E-state index is 0.0401. The summed E-state index contributed by atoms with van der Waals surface area (Å²) >= 11 is 0. The van der Waals surface area contributed by atoms with Crippen LogP contribution in [0.15, 0.2) is 23.8 Å². The summed E-state index contributed by atoms with van der Waals surface area (Å²) in [6.45, 7) is 0.0120. The highest BCUT2D eigenvalue weighted by Gasteiger charge is 2.55. The number of aliphatic hydroxyl groups excluding tert-OH is 2. The smallest absolute Gasteiger partial charge is 0.387 e. The maximum atomic E-state index is 14.4. The standard InChI is InChI=1S/C26H36N10O14P2/c1-3-4-43-51(40)45-7-12-16(37)19(25(47-12)36-11-32-15-22(36)33-26(28)34-23(15)39)50-52(41,44-6-5-42-2)46-8-13-18(49-51)17(38)24(48-13)35-10-31-14-20(27)29-9-30-21(14)35/h9-13,16-19,24-25,37-38H,3-8H2,1-2H3,(H2,27,29,30)(H3,28,33,34,39)/t12-,13-,16?,17+,18?,19+,24-,25-,51?,52?/m1/s1. The molecule has 52 heavy (non-hydrogen) atoms. The van der Waals surface area contributed by atoms with Crippen molar-refractivity contribution in [3.63, 3.8) is 0 Å². The van der Waals surface area contributed by atoms with Crippen LogP contribution in [0, 0.1) is 0 Å². The van der Waals surface area contributed by atoms with Gasteiger partial charge in [0.25, 0.3) is 5.56 Å². The molecule has 10 atom stereocenters. The molecule has 4 unspecified atom stereocenters. The van der Waals surface area contributed by atoms with Crippen molar-refractivity contribution in [2.75, 3.05) is 51.6 Å². The summed E-state index contributed by atoms with van der Waals surface area (Å²) in [5.41, 5.74) is 11.3. The molecule has 26 heteroatoms. The number of nitrogens with two attached hydrogens (primary N) is 2. The van der Waals surface area contributed by atoms with Crippen LogP contribution >= 0.6 is 15.6 Å². The van der Waals surface area contributed by atoms with Crippen molar-refractivity contribution in [1.29, 1.82) is 0 Å². The molecule has 2 bridgehead atoms. The van der Waals surface area contributed by atoms with Crippen LogP contribution in [0.2, 0.25) is 0 Å². The first-order chi connectivity index (χ1) is 24.9. The number of aromatic amines is 1. The van der Waals surface area contributed by atoms with Gasteiger partial charge in [-0.05, 0) is 6.42 Å². The van der Waals surface area contributed by atoms with Crippen molar-refractivity contribution >= 4 is 49.7 Å². The molecule has 4 aromatic rings. The number of imidazole rings is 2. The Kier molecular flexibility index (Phi) is 10.5. The number of aromatic nitrogens is 8. The van der Waals surface area contributed by atoms with Crippen LogP contribution in [0.3, 0.4) is 0 Å². The van der Waals surface area contributed by atoms with Gasteiger partial charge in [-0.1, -0.05) is 6.92 Å². The van der Waals surface area contributed by atoms with Gasteiger partial charge in [0, 0.05) is 7.11 Å². The number of nitrogens with zero attached hydrogens (tertiary/aromatic N) is 7. The number of phosphoric acid groups is 2. The van der Waals surface area contributed by atoms with Gasteiger partial charge >= 0.3 is 15.6 Å². The second-order valence-electron chi connectivity index (χ2n) is 11.8. The number of fused-ring (bicyclic) bond motifs is 5. The summed E-state index contributed by atoms with van der Waals surface area (Å²) in [5, 5.41) is 23.1. The maximum absolute atomic E-state index is 14.4. The van der Waals surface area contributed by atoms with Crippen molar-refractivity contribution in [3.05, 3.63) is 29.3 Å². The van der Waals surface area contributed by atoms with E-state index in [0.29, 0.717) is 6.42 Å². The summed E-state index contributed by atoms with van der Waals surface area (Å²) in [6.07, 6.45) is -7.69. The van der Waals surface area contributed by atoms with E-state index in [1.54, 1.807) is 6.92 Å². The van der Waals surface area contributed by atoms with E-state index >= 15 is 0 Å². The monoisotopic (exact) mass is 774 g/mol. The van der Waals surface area contributed by atoms with Gasteiger partial charge in [-0.3, -0.25) is 46.1 Å². The lowest BCUT2D eigenvalue weighted by atomic mass is 10.1. The molecule has 0 spiro atoms. The summed E-state index contributed by atoms with van der Waals surface area (Å²) < 4.78 is 82.9. The van der Waals surface area contributed by atoms with E-state index in [2.05, 4.69) is 29.9 Å². The summed E-state index contributed by atoms with van der Waals surface area (Å²) in [4.78, 5) is 35.4. The molecular weight excluding hydrogens is 738 g/mol. The molecule has 3 aliphatic heterocycles. The van der Waals surface area contributed by atoms with Gasteiger partial charge in [0.2, 0.25) is 5.95 Å². The minimum atomic E-state index is -4.74. The number of hydrogen-bond donors (Lipinski definition) is 5. The van der Waals surface area contributed by atoms with Gasteiger partial charge in [0.15, 0.2) is 35.1 Å². The second kappa shape index (κ2) is 14.7. The van der Waals surface area contributed by atoms with E-state index in [0.717, 1.165) is 0 Å². The number of aliphatic hydroxyl groups is 2. The fourth-order valence-corrected chi connectivity index (χ4v) is 8.69. The minimum Gasteiger partial charge on any atom is -0.387 e. The van der Waals surface area contributed by atoms with Crippen LogP contribution in [0.25, 0.3) is 22.3 Å². The molecule has 3 aliphatic rings. The molecule has 3 saturated heterocycles. The summed E-state index contributed by atoms with van der Waals surface area (Å²) in [5.74, 6) is -0.172. The number of nitrogens with one attached hydrogen (secondary N) is 1. The average molecular weight is 775 g/mol. The van der Waals surface area contributed by atoms with Crippen LogP contribution in [-0.4, -0.2) is 126 Å². The molecule has 0 aliphatic carbocycles. The van der Waals surface area contributed by atoms with Crippen molar-refractivity contribution in [3.8, 4) is 0 Å². The van der Waals surface area contributed by atoms with E-state index in [1.807, 2.05) is 0 Å². The molecule has 4 aromatic heterocycles. The third kappa shape index (κ3) is 6.98. The van der Waals surface area contributed by atoms with Gasteiger partial charge < -0.3 is 35.9 Å². The normalized spacial score (nSPS) is 34.2. The predicted molar refractivity (Wildman–Crippen MR) is 173 cm³/mol. The third-order valence-corrected chi connectivity index (χ3v) is 11.2. The van der Waals surface area contributed by atoms with Crippen LogP contribution in [0.1, 0.15) is 25.8 Å². The van der Waals surface area contributed by atoms with Crippen LogP contribution < -0.4 is 17.0 Å². The first kappa shape index (κ1) is 36.9. The molecular formula is C26H36N10O14P2. The SMILES string of the molecule is CCCOP1(=O)OC[C@H]2O[C@@H](n3cnc4c(=O)[nH]c(N)nc43)[C@@H](OP(=O)(OCCOC)OC[C@H]3O[C@@H](n4cnc5c(N)ncnc54)[C@@H](O)C3O1)C2O. The largest absolute Gasteiger partial charge is 0.475 e. The highest BCUT2D eigenvalue weighted by molar-refractivity contribution is 7.48. The number of anilines is 2. The zero-order valence-corrected chi connectivity index (χ0v) is 29.4. The molecule has 24 nitrogen and oxygen atoms in total. The Hall–Kier alpha value is -3.48. The number of H-pyrrole nitrogens is 1. The van der Waals surface area contributed by atoms with Crippen molar-refractivity contribution in [2.24, 2.45) is 0 Å².